The van der Waals surface area contributed by atoms with E-state index in [4.69, 9.17) is 10.5 Å². The maximum atomic E-state index is 12.9. The second-order valence-corrected chi connectivity index (χ2v) is 4.97. The highest BCUT2D eigenvalue weighted by Crippen LogP contribution is 2.07. The summed E-state index contributed by atoms with van der Waals surface area (Å²) in [6.07, 6.45) is 3.02. The topological polar surface area (TPSA) is 89.6 Å². The Kier molecular flexibility index (Phi) is 6.65. The van der Waals surface area contributed by atoms with Gasteiger partial charge in [-0.15, -0.1) is 0 Å². The van der Waals surface area contributed by atoms with E-state index in [0.29, 0.717) is 5.82 Å². The number of pyridine rings is 1. The predicted molar refractivity (Wildman–Crippen MR) is 94.3 cm³/mol. The summed E-state index contributed by atoms with van der Waals surface area (Å²) in [5.41, 5.74) is 6.80. The summed E-state index contributed by atoms with van der Waals surface area (Å²) in [4.78, 5) is 20.4. The monoisotopic (exact) mass is 342 g/mol. The number of benzene rings is 1. The summed E-state index contributed by atoms with van der Waals surface area (Å²) in [5.74, 6) is -0.347. The van der Waals surface area contributed by atoms with Gasteiger partial charge in [0.1, 0.15) is 23.0 Å². The van der Waals surface area contributed by atoms with Crippen LogP contribution in [0.4, 0.5) is 10.2 Å². The van der Waals surface area contributed by atoms with Crippen LogP contribution in [0.5, 0.6) is 0 Å². The van der Waals surface area contributed by atoms with Gasteiger partial charge >= 0.3 is 5.97 Å². The Morgan fingerprint density at radius 2 is 2.08 bits per heavy atom. The number of halogens is 1. The van der Waals surface area contributed by atoms with Gasteiger partial charge in [-0.1, -0.05) is 18.2 Å². The van der Waals surface area contributed by atoms with Crippen LogP contribution in [0.25, 0.3) is 0 Å². The molecule has 0 saturated carbocycles. The van der Waals surface area contributed by atoms with E-state index in [1.807, 2.05) is 0 Å². The van der Waals surface area contributed by atoms with Crippen molar-refractivity contribution in [1.29, 1.82) is 0 Å². The molecule has 0 atom stereocenters. The van der Waals surface area contributed by atoms with Gasteiger partial charge in [0.15, 0.2) is 0 Å². The molecule has 0 amide bonds. The number of nitrogens with one attached hydrogen (secondary N) is 1. The Hall–Kier alpha value is -3.22. The number of nitrogens with zero attached hydrogens (tertiary/aromatic N) is 2. The lowest BCUT2D eigenvalue weighted by atomic mass is 10.2. The van der Waals surface area contributed by atoms with Gasteiger partial charge in [0.2, 0.25) is 0 Å². The largest absolute Gasteiger partial charge is 0.462 e. The molecule has 0 aliphatic rings. The van der Waals surface area contributed by atoms with Gasteiger partial charge in [0.05, 0.1) is 13.2 Å². The fourth-order valence-corrected chi connectivity index (χ4v) is 1.89. The van der Waals surface area contributed by atoms with Crippen LogP contribution in [0.3, 0.4) is 0 Å². The van der Waals surface area contributed by atoms with Gasteiger partial charge in [-0.3, -0.25) is 4.99 Å². The van der Waals surface area contributed by atoms with Gasteiger partial charge in [-0.25, -0.2) is 14.2 Å². The number of rotatable bonds is 7. The molecule has 0 unspecified atom stereocenters. The highest BCUT2D eigenvalue weighted by Gasteiger charge is 2.15. The molecule has 1 heterocycles. The second kappa shape index (κ2) is 9.17. The molecule has 0 saturated heterocycles. The van der Waals surface area contributed by atoms with Crippen molar-refractivity contribution in [2.24, 2.45) is 10.7 Å². The van der Waals surface area contributed by atoms with E-state index < -0.39 is 5.97 Å². The third-order valence-corrected chi connectivity index (χ3v) is 3.15. The Morgan fingerprint density at radius 3 is 2.72 bits per heavy atom. The summed E-state index contributed by atoms with van der Waals surface area (Å²) >= 11 is 0. The molecule has 130 valence electrons. The normalized spacial score (nSPS) is 11.9. The zero-order valence-electron chi connectivity index (χ0n) is 13.8. The van der Waals surface area contributed by atoms with Crippen LogP contribution >= 0.6 is 0 Å². The van der Waals surface area contributed by atoms with Crippen LogP contribution < -0.4 is 11.1 Å². The quantitative estimate of drug-likeness (QED) is 0.349. The van der Waals surface area contributed by atoms with E-state index >= 15 is 0 Å². The van der Waals surface area contributed by atoms with Crippen molar-refractivity contribution in [3.8, 4) is 0 Å². The Labute approximate surface area is 145 Å². The molecule has 7 heteroatoms. The molecule has 0 bridgehead atoms. The van der Waals surface area contributed by atoms with Crippen molar-refractivity contribution in [3.05, 3.63) is 71.8 Å². The van der Waals surface area contributed by atoms with Gasteiger partial charge in [-0.2, -0.15) is 0 Å². The molecular weight excluding hydrogens is 323 g/mol. The summed E-state index contributed by atoms with van der Waals surface area (Å²) in [7, 11) is 0. The van der Waals surface area contributed by atoms with E-state index in [1.165, 1.54) is 18.3 Å². The van der Waals surface area contributed by atoms with Gasteiger partial charge in [-0.05, 0) is 36.8 Å². The highest BCUT2D eigenvalue weighted by atomic mass is 19.1. The van der Waals surface area contributed by atoms with Gasteiger partial charge in [0.25, 0.3) is 0 Å². The van der Waals surface area contributed by atoms with E-state index in [0.717, 1.165) is 5.56 Å². The number of amidine groups is 1. The molecule has 1 aromatic heterocycles. The van der Waals surface area contributed by atoms with Crippen molar-refractivity contribution >= 4 is 17.6 Å². The van der Waals surface area contributed by atoms with Crippen molar-refractivity contribution in [1.82, 2.24) is 4.98 Å². The smallest absolute Gasteiger partial charge is 0.343 e. The molecule has 3 N–H and O–H groups in total. The number of hydrogen-bond acceptors (Lipinski definition) is 5. The first-order valence-electron chi connectivity index (χ1n) is 7.69. The first-order valence-corrected chi connectivity index (χ1v) is 7.69. The Balaban J connectivity index is 2.16. The highest BCUT2D eigenvalue weighted by molar-refractivity contribution is 6.18. The predicted octanol–water partition coefficient (Wildman–Crippen LogP) is 2.64. The zero-order valence-corrected chi connectivity index (χ0v) is 13.8. The number of nitrogens with two attached hydrogens (primary N) is 1. The maximum absolute atomic E-state index is 12.9. The Morgan fingerprint density at radius 1 is 1.32 bits per heavy atom. The molecule has 2 rings (SSSR count). The second-order valence-electron chi connectivity index (χ2n) is 4.97. The van der Waals surface area contributed by atoms with Gasteiger partial charge in [0, 0.05) is 12.4 Å². The lowest BCUT2D eigenvalue weighted by Gasteiger charge is -2.08. The first-order chi connectivity index (χ1) is 12.1. The van der Waals surface area contributed by atoms with Crippen LogP contribution in [0.2, 0.25) is 0 Å². The van der Waals surface area contributed by atoms with Crippen LogP contribution in [0.15, 0.2) is 65.4 Å². The van der Waals surface area contributed by atoms with E-state index in [1.54, 1.807) is 43.5 Å². The van der Waals surface area contributed by atoms with Crippen LogP contribution in [-0.2, 0) is 16.1 Å². The van der Waals surface area contributed by atoms with Gasteiger partial charge < -0.3 is 15.8 Å². The summed E-state index contributed by atoms with van der Waals surface area (Å²) in [5, 5.41) is 2.89. The van der Waals surface area contributed by atoms with Crippen molar-refractivity contribution in [2.45, 2.75) is 13.5 Å². The number of aromatic nitrogens is 1. The lowest BCUT2D eigenvalue weighted by Crippen LogP contribution is -2.24. The average molecular weight is 342 g/mol. The fourth-order valence-electron chi connectivity index (χ4n) is 1.89. The molecule has 1 aromatic carbocycles. The molecule has 0 spiro atoms. The molecule has 25 heavy (non-hydrogen) atoms. The molecule has 0 fully saturated rings. The molecular formula is C18H19FN4O2. The molecule has 2 aromatic rings. The number of carbonyl (C=O) groups excluding carboxylic acids is 1. The third kappa shape index (κ3) is 5.72. The molecule has 0 aliphatic carbocycles. The zero-order chi connectivity index (χ0) is 18.1. The lowest BCUT2D eigenvalue weighted by molar-refractivity contribution is -0.137. The molecule has 0 radical (unpaired) electrons. The number of esters is 1. The number of anilines is 1. The summed E-state index contributed by atoms with van der Waals surface area (Å²) < 4.78 is 17.9. The number of aliphatic imine (C=N–C) groups is 1. The van der Waals surface area contributed by atoms with E-state index in [2.05, 4.69) is 15.3 Å². The summed E-state index contributed by atoms with van der Waals surface area (Å²) in [6, 6.07) is 11.2. The minimum atomic E-state index is -0.591. The van der Waals surface area contributed by atoms with Crippen molar-refractivity contribution in [3.63, 3.8) is 0 Å². The van der Waals surface area contributed by atoms with Crippen LogP contribution in [0.1, 0.15) is 12.5 Å². The number of ether oxygens (including phenoxy) is 1. The Bertz CT molecular complexity index is 758. The standard InChI is InChI=1S/C18H19FN4O2/c1-2-25-18(24)15(12-22-16-5-3-4-10-21-16)17(20)23-11-13-6-8-14(19)9-7-13/h3-10,12H,2,11H2,1H3,(H2,20,23)(H,21,22)/b15-12+. The minimum absolute atomic E-state index is 0.0196. The van der Waals surface area contributed by atoms with Crippen molar-refractivity contribution in [2.75, 3.05) is 11.9 Å². The minimum Gasteiger partial charge on any atom is -0.462 e. The van der Waals surface area contributed by atoms with E-state index in [9.17, 15) is 9.18 Å². The number of hydrogen-bond donors (Lipinski definition) is 2. The first kappa shape index (κ1) is 18.1. The number of carbonyl (C=O) groups is 1. The average Bonchev–Trinajstić information content (AvgIpc) is 2.62. The fraction of sp³-hybridized carbons (Fsp3) is 0.167. The van der Waals surface area contributed by atoms with Crippen LogP contribution in [-0.4, -0.2) is 23.4 Å². The third-order valence-electron chi connectivity index (χ3n) is 3.15. The summed E-state index contributed by atoms with van der Waals surface area (Å²) in [6.45, 7) is 2.13. The van der Waals surface area contributed by atoms with Crippen molar-refractivity contribution < 1.29 is 13.9 Å². The van der Waals surface area contributed by atoms with Crippen LogP contribution in [0, 0.1) is 5.82 Å². The molecule has 0 aliphatic heterocycles. The maximum Gasteiger partial charge on any atom is 0.343 e. The van der Waals surface area contributed by atoms with E-state index in [-0.39, 0.29) is 30.4 Å². The SMILES string of the molecule is CCOC(=O)/C(=C/Nc1ccccn1)C(N)=NCc1ccc(F)cc1. The molecule has 6 nitrogen and oxygen atoms in total.